The number of nitrogens with zero attached hydrogens (tertiary/aromatic N) is 2. The van der Waals surface area contributed by atoms with Gasteiger partial charge in [-0.1, -0.05) is 42.5 Å². The van der Waals surface area contributed by atoms with Crippen LogP contribution in [-0.2, 0) is 17.8 Å². The fourth-order valence-corrected chi connectivity index (χ4v) is 2.86. The highest BCUT2D eigenvalue weighted by Crippen LogP contribution is 2.29. The highest BCUT2D eigenvalue weighted by molar-refractivity contribution is 5.76. The van der Waals surface area contributed by atoms with Crippen LogP contribution in [0.3, 0.4) is 0 Å². The monoisotopic (exact) mass is 264 g/mol. The molecular weight excluding hydrogens is 248 g/mol. The van der Waals surface area contributed by atoms with Gasteiger partial charge in [0.05, 0.1) is 6.54 Å². The zero-order valence-electron chi connectivity index (χ0n) is 11.2. The average molecular weight is 264 g/mol. The van der Waals surface area contributed by atoms with Gasteiger partial charge in [0, 0.05) is 13.1 Å². The molecule has 0 atom stereocenters. The van der Waals surface area contributed by atoms with E-state index in [0.29, 0.717) is 0 Å². The van der Waals surface area contributed by atoms with Crippen molar-refractivity contribution in [2.45, 2.75) is 13.1 Å². The van der Waals surface area contributed by atoms with Crippen LogP contribution in [0.4, 0.5) is 0 Å². The molecule has 0 aliphatic carbocycles. The minimum absolute atomic E-state index is 0.720. The lowest BCUT2D eigenvalue weighted by Crippen LogP contribution is -2.25. The SMILES string of the molecule is c1ccc(-c2ccc3c(c2)CN(C2=NCCO2)C3)cc1. The first-order chi connectivity index (χ1) is 9.90. The summed E-state index contributed by atoms with van der Waals surface area (Å²) in [6.07, 6.45) is 0. The van der Waals surface area contributed by atoms with Gasteiger partial charge in [0.15, 0.2) is 0 Å². The predicted octanol–water partition coefficient (Wildman–Crippen LogP) is 3.06. The summed E-state index contributed by atoms with van der Waals surface area (Å²) in [5.74, 6) is 0. The Morgan fingerprint density at radius 3 is 2.55 bits per heavy atom. The minimum Gasteiger partial charge on any atom is -0.463 e. The van der Waals surface area contributed by atoms with Crippen LogP contribution >= 0.6 is 0 Å². The summed E-state index contributed by atoms with van der Waals surface area (Å²) in [4.78, 5) is 6.62. The topological polar surface area (TPSA) is 24.8 Å². The number of amidine groups is 1. The molecule has 3 heteroatoms. The van der Waals surface area contributed by atoms with Crippen LogP contribution in [0.2, 0.25) is 0 Å². The van der Waals surface area contributed by atoms with Crippen LogP contribution in [0.25, 0.3) is 11.1 Å². The van der Waals surface area contributed by atoms with Crippen molar-refractivity contribution in [1.29, 1.82) is 0 Å². The van der Waals surface area contributed by atoms with E-state index in [2.05, 4.69) is 52.4 Å². The zero-order valence-corrected chi connectivity index (χ0v) is 11.2. The predicted molar refractivity (Wildman–Crippen MR) is 79.4 cm³/mol. The number of rotatable bonds is 1. The molecule has 2 heterocycles. The Hall–Kier alpha value is -2.29. The highest BCUT2D eigenvalue weighted by Gasteiger charge is 2.24. The fraction of sp³-hybridized carbons (Fsp3) is 0.235. The first-order valence-corrected chi connectivity index (χ1v) is 6.99. The Morgan fingerprint density at radius 1 is 0.900 bits per heavy atom. The number of fused-ring (bicyclic) bond motifs is 1. The third-order valence-corrected chi connectivity index (χ3v) is 3.88. The van der Waals surface area contributed by atoms with Crippen molar-refractivity contribution in [3.05, 3.63) is 59.7 Å². The standard InChI is InChI=1S/C17H16N2O/c1-2-4-13(5-3-1)14-6-7-15-11-19(12-16(15)10-14)17-18-8-9-20-17/h1-7,10H,8-9,11-12H2. The maximum absolute atomic E-state index is 5.56. The molecule has 0 saturated carbocycles. The van der Waals surface area contributed by atoms with Crippen LogP contribution in [-0.4, -0.2) is 24.1 Å². The van der Waals surface area contributed by atoms with Gasteiger partial charge in [0.2, 0.25) is 0 Å². The quantitative estimate of drug-likeness (QED) is 0.791. The van der Waals surface area contributed by atoms with E-state index in [-0.39, 0.29) is 0 Å². The third kappa shape index (κ3) is 1.95. The number of hydrogen-bond donors (Lipinski definition) is 0. The van der Waals surface area contributed by atoms with Crippen LogP contribution < -0.4 is 0 Å². The largest absolute Gasteiger partial charge is 0.463 e. The maximum atomic E-state index is 5.56. The normalized spacial score (nSPS) is 16.8. The molecule has 0 radical (unpaired) electrons. The van der Waals surface area contributed by atoms with E-state index in [0.717, 1.165) is 32.3 Å². The van der Waals surface area contributed by atoms with Crippen molar-refractivity contribution < 1.29 is 4.74 Å². The first-order valence-electron chi connectivity index (χ1n) is 6.99. The Bertz CT molecular complexity index is 664. The summed E-state index contributed by atoms with van der Waals surface area (Å²) in [6, 6.07) is 18.0. The van der Waals surface area contributed by atoms with Gasteiger partial charge in [-0.15, -0.1) is 0 Å². The van der Waals surface area contributed by atoms with Gasteiger partial charge < -0.3 is 9.64 Å². The van der Waals surface area contributed by atoms with Gasteiger partial charge in [0.25, 0.3) is 6.02 Å². The van der Waals surface area contributed by atoms with E-state index in [1.54, 1.807) is 0 Å². The van der Waals surface area contributed by atoms with Gasteiger partial charge in [-0.2, -0.15) is 0 Å². The summed E-state index contributed by atoms with van der Waals surface area (Å²) in [5.41, 5.74) is 5.30. The van der Waals surface area contributed by atoms with E-state index < -0.39 is 0 Å². The Kier molecular flexibility index (Phi) is 2.69. The summed E-state index contributed by atoms with van der Waals surface area (Å²) >= 11 is 0. The Balaban J connectivity index is 1.63. The lowest BCUT2D eigenvalue weighted by Gasteiger charge is -2.15. The molecule has 3 nitrogen and oxygen atoms in total. The number of benzene rings is 2. The molecule has 0 amide bonds. The Morgan fingerprint density at radius 2 is 1.75 bits per heavy atom. The van der Waals surface area contributed by atoms with Gasteiger partial charge in [-0.3, -0.25) is 0 Å². The van der Waals surface area contributed by atoms with E-state index in [1.165, 1.54) is 22.3 Å². The first kappa shape index (κ1) is 11.5. The average Bonchev–Trinajstić information content (AvgIpc) is 3.16. The number of aliphatic imine (C=N–C) groups is 1. The molecule has 0 unspecified atom stereocenters. The van der Waals surface area contributed by atoms with Crippen LogP contribution in [0, 0.1) is 0 Å². The third-order valence-electron chi connectivity index (χ3n) is 3.88. The minimum atomic E-state index is 0.720. The van der Waals surface area contributed by atoms with Crippen molar-refractivity contribution in [3.8, 4) is 11.1 Å². The van der Waals surface area contributed by atoms with Gasteiger partial charge in [-0.25, -0.2) is 4.99 Å². The lowest BCUT2D eigenvalue weighted by atomic mass is 10.0. The van der Waals surface area contributed by atoms with Crippen molar-refractivity contribution >= 4 is 6.02 Å². The molecule has 0 N–H and O–H groups in total. The highest BCUT2D eigenvalue weighted by atomic mass is 16.5. The van der Waals surface area contributed by atoms with Crippen molar-refractivity contribution in [1.82, 2.24) is 4.90 Å². The number of hydrogen-bond acceptors (Lipinski definition) is 3. The van der Waals surface area contributed by atoms with Gasteiger partial charge in [-0.05, 0) is 28.3 Å². The Labute approximate surface area is 118 Å². The van der Waals surface area contributed by atoms with Crippen LogP contribution in [0.1, 0.15) is 11.1 Å². The molecule has 0 saturated heterocycles. The summed E-state index contributed by atoms with van der Waals surface area (Å²) < 4.78 is 5.56. The molecule has 4 rings (SSSR count). The molecule has 0 fully saturated rings. The maximum Gasteiger partial charge on any atom is 0.288 e. The molecule has 20 heavy (non-hydrogen) atoms. The summed E-state index contributed by atoms with van der Waals surface area (Å²) in [7, 11) is 0. The second-order valence-corrected chi connectivity index (χ2v) is 5.22. The van der Waals surface area contributed by atoms with E-state index >= 15 is 0 Å². The second-order valence-electron chi connectivity index (χ2n) is 5.22. The molecule has 2 aliphatic rings. The van der Waals surface area contributed by atoms with Crippen LogP contribution in [0.5, 0.6) is 0 Å². The molecule has 2 aromatic carbocycles. The molecule has 2 aliphatic heterocycles. The van der Waals surface area contributed by atoms with E-state index in [9.17, 15) is 0 Å². The summed E-state index contributed by atoms with van der Waals surface area (Å²) in [5, 5.41) is 0. The van der Waals surface area contributed by atoms with Crippen molar-refractivity contribution in [3.63, 3.8) is 0 Å². The smallest absolute Gasteiger partial charge is 0.288 e. The number of ether oxygens (including phenoxy) is 1. The van der Waals surface area contributed by atoms with E-state index in [1.807, 2.05) is 6.07 Å². The molecule has 0 aromatic heterocycles. The molecular formula is C17H16N2O. The van der Waals surface area contributed by atoms with Crippen molar-refractivity contribution in [2.24, 2.45) is 4.99 Å². The van der Waals surface area contributed by atoms with E-state index in [4.69, 9.17) is 4.74 Å². The summed E-state index contributed by atoms with van der Waals surface area (Å²) in [6.45, 7) is 3.31. The zero-order chi connectivity index (χ0) is 13.4. The molecule has 0 spiro atoms. The molecule has 100 valence electrons. The lowest BCUT2D eigenvalue weighted by molar-refractivity contribution is 0.265. The fourth-order valence-electron chi connectivity index (χ4n) is 2.86. The van der Waals surface area contributed by atoms with Crippen molar-refractivity contribution in [2.75, 3.05) is 13.2 Å². The van der Waals surface area contributed by atoms with Gasteiger partial charge >= 0.3 is 0 Å². The molecule has 2 aromatic rings. The van der Waals surface area contributed by atoms with Gasteiger partial charge in [0.1, 0.15) is 6.61 Å². The second kappa shape index (κ2) is 4.67. The van der Waals surface area contributed by atoms with Crippen LogP contribution in [0.15, 0.2) is 53.5 Å². The molecule has 0 bridgehead atoms.